The molecule has 2 aromatic heterocycles. The Morgan fingerprint density at radius 2 is 2.38 bits per heavy atom. The van der Waals surface area contributed by atoms with Gasteiger partial charge in [-0.15, -0.1) is 0 Å². The largest absolute Gasteiger partial charge is 0.495 e. The zero-order valence-electron chi connectivity index (χ0n) is 8.97. The molecule has 0 amide bonds. The molecule has 0 bridgehead atoms. The van der Waals surface area contributed by atoms with Gasteiger partial charge in [0.25, 0.3) is 0 Å². The minimum atomic E-state index is 0.422. The first-order chi connectivity index (χ1) is 7.80. The van der Waals surface area contributed by atoms with Crippen LogP contribution < -0.4 is 10.5 Å². The predicted octanol–water partition coefficient (Wildman–Crippen LogP) is 0.716. The van der Waals surface area contributed by atoms with E-state index in [0.29, 0.717) is 18.7 Å². The van der Waals surface area contributed by atoms with Crippen LogP contribution in [0.4, 0.5) is 0 Å². The average molecular weight is 216 g/mol. The SMILES string of the molecule is COc1ccc2c(C#N)nc(CCN)n2c1. The fourth-order valence-corrected chi connectivity index (χ4v) is 1.64. The fraction of sp³-hybridized carbons (Fsp3) is 0.273. The third-order valence-corrected chi connectivity index (χ3v) is 2.39. The first-order valence-electron chi connectivity index (χ1n) is 4.95. The van der Waals surface area contributed by atoms with Gasteiger partial charge in [0.2, 0.25) is 0 Å². The summed E-state index contributed by atoms with van der Waals surface area (Å²) in [6.45, 7) is 0.501. The maximum Gasteiger partial charge on any atom is 0.166 e. The lowest BCUT2D eigenvalue weighted by atomic mass is 10.3. The molecule has 0 saturated carbocycles. The van der Waals surface area contributed by atoms with E-state index in [1.807, 2.05) is 22.7 Å². The van der Waals surface area contributed by atoms with Crippen molar-refractivity contribution in [1.82, 2.24) is 9.38 Å². The summed E-state index contributed by atoms with van der Waals surface area (Å²) in [6, 6.07) is 5.71. The number of rotatable bonds is 3. The molecule has 0 atom stereocenters. The Kier molecular flexibility index (Phi) is 2.75. The first-order valence-corrected chi connectivity index (χ1v) is 4.95. The summed E-state index contributed by atoms with van der Waals surface area (Å²) in [4.78, 5) is 4.24. The number of fused-ring (bicyclic) bond motifs is 1. The predicted molar refractivity (Wildman–Crippen MR) is 59.2 cm³/mol. The summed E-state index contributed by atoms with van der Waals surface area (Å²) in [7, 11) is 1.60. The number of aromatic nitrogens is 2. The van der Waals surface area contributed by atoms with Crippen LogP contribution >= 0.6 is 0 Å². The van der Waals surface area contributed by atoms with Crippen molar-refractivity contribution in [2.24, 2.45) is 5.73 Å². The summed E-state index contributed by atoms with van der Waals surface area (Å²) < 4.78 is 6.99. The molecule has 0 spiro atoms. The topological polar surface area (TPSA) is 76.3 Å². The standard InChI is InChI=1S/C11H12N4O/c1-16-8-2-3-10-9(6-13)14-11(4-5-12)15(10)7-8/h2-3,7H,4-5,12H2,1H3. The second-order valence-corrected chi connectivity index (χ2v) is 3.35. The Morgan fingerprint density at radius 1 is 1.56 bits per heavy atom. The molecule has 0 aliphatic rings. The molecule has 2 N–H and O–H groups in total. The summed E-state index contributed by atoms with van der Waals surface area (Å²) in [6.07, 6.45) is 2.45. The van der Waals surface area contributed by atoms with Crippen molar-refractivity contribution < 1.29 is 4.74 Å². The summed E-state index contributed by atoms with van der Waals surface area (Å²) in [5.41, 5.74) is 6.71. The van der Waals surface area contributed by atoms with Crippen LogP contribution in [0.2, 0.25) is 0 Å². The smallest absolute Gasteiger partial charge is 0.166 e. The lowest BCUT2D eigenvalue weighted by Crippen LogP contribution is -2.06. The molecular formula is C11H12N4O. The first kappa shape index (κ1) is 10.5. The second kappa shape index (κ2) is 4.21. The molecule has 2 heterocycles. The number of nitrogens with zero attached hydrogens (tertiary/aromatic N) is 3. The summed E-state index contributed by atoms with van der Waals surface area (Å²) in [5.74, 6) is 1.51. The molecule has 0 saturated heterocycles. The van der Waals surface area contributed by atoms with Gasteiger partial charge in [0, 0.05) is 6.42 Å². The van der Waals surface area contributed by atoms with E-state index in [4.69, 9.17) is 15.7 Å². The molecule has 5 nitrogen and oxygen atoms in total. The van der Waals surface area contributed by atoms with E-state index in [1.54, 1.807) is 7.11 Å². The zero-order valence-corrected chi connectivity index (χ0v) is 8.97. The normalized spacial score (nSPS) is 10.3. The van der Waals surface area contributed by atoms with Crippen LogP contribution in [-0.4, -0.2) is 23.0 Å². The number of nitrogens with two attached hydrogens (primary N) is 1. The molecule has 2 rings (SSSR count). The van der Waals surface area contributed by atoms with Gasteiger partial charge in [-0.2, -0.15) is 5.26 Å². The van der Waals surface area contributed by atoms with Crippen molar-refractivity contribution >= 4 is 5.52 Å². The van der Waals surface area contributed by atoms with Crippen LogP contribution in [0.25, 0.3) is 5.52 Å². The van der Waals surface area contributed by atoms with Crippen LogP contribution in [0.5, 0.6) is 5.75 Å². The number of methoxy groups -OCH3 is 1. The lowest BCUT2D eigenvalue weighted by Gasteiger charge is -2.02. The van der Waals surface area contributed by atoms with E-state index in [9.17, 15) is 0 Å². The van der Waals surface area contributed by atoms with E-state index in [1.165, 1.54) is 0 Å². The van der Waals surface area contributed by atoms with Gasteiger partial charge in [-0.25, -0.2) is 4.98 Å². The van der Waals surface area contributed by atoms with Crippen molar-refractivity contribution in [3.05, 3.63) is 29.8 Å². The average Bonchev–Trinajstić information content (AvgIpc) is 2.67. The zero-order chi connectivity index (χ0) is 11.5. The van der Waals surface area contributed by atoms with Crippen LogP contribution in [0, 0.1) is 11.3 Å². The lowest BCUT2D eigenvalue weighted by molar-refractivity contribution is 0.412. The Balaban J connectivity index is 2.66. The summed E-state index contributed by atoms with van der Waals surface area (Å²) in [5, 5.41) is 8.96. The Labute approximate surface area is 93.1 Å². The van der Waals surface area contributed by atoms with Crippen molar-refractivity contribution in [3.63, 3.8) is 0 Å². The molecule has 82 valence electrons. The number of nitriles is 1. The third kappa shape index (κ3) is 1.59. The van der Waals surface area contributed by atoms with Crippen molar-refractivity contribution in [2.45, 2.75) is 6.42 Å². The van der Waals surface area contributed by atoms with E-state index in [2.05, 4.69) is 11.1 Å². The second-order valence-electron chi connectivity index (χ2n) is 3.35. The van der Waals surface area contributed by atoms with Crippen molar-refractivity contribution in [3.8, 4) is 11.8 Å². The molecule has 5 heteroatoms. The van der Waals surface area contributed by atoms with Crippen LogP contribution in [-0.2, 0) is 6.42 Å². The molecule has 16 heavy (non-hydrogen) atoms. The number of hydrogen-bond donors (Lipinski definition) is 1. The van der Waals surface area contributed by atoms with Crippen LogP contribution in [0.1, 0.15) is 11.5 Å². The van der Waals surface area contributed by atoms with E-state index in [-0.39, 0.29) is 0 Å². The molecule has 0 unspecified atom stereocenters. The van der Waals surface area contributed by atoms with Gasteiger partial charge in [0.05, 0.1) is 18.8 Å². The highest BCUT2D eigenvalue weighted by atomic mass is 16.5. The van der Waals surface area contributed by atoms with E-state index >= 15 is 0 Å². The van der Waals surface area contributed by atoms with Gasteiger partial charge < -0.3 is 10.5 Å². The molecule has 0 radical (unpaired) electrons. The highest BCUT2D eigenvalue weighted by Gasteiger charge is 2.10. The highest BCUT2D eigenvalue weighted by molar-refractivity contribution is 5.59. The minimum absolute atomic E-state index is 0.422. The Morgan fingerprint density at radius 3 is 3.00 bits per heavy atom. The number of imidazole rings is 1. The van der Waals surface area contributed by atoms with E-state index in [0.717, 1.165) is 17.1 Å². The Hall–Kier alpha value is -2.06. The maximum atomic E-state index is 8.96. The van der Waals surface area contributed by atoms with Crippen LogP contribution in [0.3, 0.4) is 0 Å². The Bertz CT molecular complexity index is 553. The molecular weight excluding hydrogens is 204 g/mol. The maximum absolute atomic E-state index is 8.96. The molecule has 0 aliphatic carbocycles. The molecule has 0 aliphatic heterocycles. The van der Waals surface area contributed by atoms with Crippen molar-refractivity contribution in [2.75, 3.05) is 13.7 Å². The quantitative estimate of drug-likeness (QED) is 0.820. The molecule has 0 aromatic carbocycles. The van der Waals surface area contributed by atoms with Gasteiger partial charge in [-0.05, 0) is 18.7 Å². The number of ether oxygens (including phenoxy) is 1. The van der Waals surface area contributed by atoms with Gasteiger partial charge in [-0.1, -0.05) is 0 Å². The van der Waals surface area contributed by atoms with Crippen molar-refractivity contribution in [1.29, 1.82) is 5.26 Å². The fourth-order valence-electron chi connectivity index (χ4n) is 1.64. The van der Waals surface area contributed by atoms with Gasteiger partial charge >= 0.3 is 0 Å². The van der Waals surface area contributed by atoms with Gasteiger partial charge in [0.1, 0.15) is 17.6 Å². The minimum Gasteiger partial charge on any atom is -0.495 e. The van der Waals surface area contributed by atoms with Crippen LogP contribution in [0.15, 0.2) is 18.3 Å². The molecule has 2 aromatic rings. The van der Waals surface area contributed by atoms with E-state index < -0.39 is 0 Å². The van der Waals surface area contributed by atoms with Gasteiger partial charge in [0.15, 0.2) is 5.69 Å². The summed E-state index contributed by atoms with van der Waals surface area (Å²) >= 11 is 0. The monoisotopic (exact) mass is 216 g/mol. The highest BCUT2D eigenvalue weighted by Crippen LogP contribution is 2.18. The van der Waals surface area contributed by atoms with Gasteiger partial charge in [-0.3, -0.25) is 4.40 Å². The third-order valence-electron chi connectivity index (χ3n) is 2.39. The number of hydrogen-bond acceptors (Lipinski definition) is 4. The number of pyridine rings is 1. The molecule has 0 fully saturated rings.